The van der Waals surface area contributed by atoms with E-state index in [0.29, 0.717) is 153 Å². The molecule has 3 aromatic heterocycles. The number of aromatic amines is 3. The van der Waals surface area contributed by atoms with E-state index >= 15 is 0 Å². The molecule has 0 fully saturated rings. The van der Waals surface area contributed by atoms with E-state index in [1.165, 1.54) is 16.3 Å². The number of aliphatic carboxylic acids is 2. The van der Waals surface area contributed by atoms with Gasteiger partial charge in [0.1, 0.15) is 22.0 Å². The SMILES string of the molecule is C.C=c1nc2c(c(=O)[nH]1)=Nc1cc(C)c(C)cc1N2CCN(CCCC(=O)O)Cc1ccc(Cl)c(Cl)c1.C=c1nc2c(c(=O)[nH]1)=Nc1cc(C)c(C)cc1N2CCN(CCCC(=O)O)Cc1ccc(Cl)cc1.C=c1nc2c(c(=O)[nH]1)=Nc1cc(C)c(C)cc1N2CCN(CCCC(=O)OC(C)(C)C)Cc1ccc2ccccc2c1. The number of fused-ring (bicyclic) bond motifs is 7. The molecule has 3 aliphatic heterocycles. The van der Waals surface area contributed by atoms with Crippen LogP contribution in [0, 0.1) is 41.5 Å². The van der Waals surface area contributed by atoms with E-state index in [9.17, 15) is 28.8 Å². The van der Waals surface area contributed by atoms with E-state index < -0.39 is 17.5 Å². The number of nitrogens with zero attached hydrogens (tertiary/aromatic N) is 12. The molecule has 7 aromatic carbocycles. The third kappa shape index (κ3) is 22.1. The number of carboxylic acid groups (broad SMARTS) is 2. The summed E-state index contributed by atoms with van der Waals surface area (Å²) in [6, 6.07) is 40.2. The summed E-state index contributed by atoms with van der Waals surface area (Å²) in [5.74, 6) is -0.382. The minimum absolute atomic E-state index is 0. The number of aryl methyl sites for hydroxylation is 6. The summed E-state index contributed by atoms with van der Waals surface area (Å²) < 4.78 is 5.54. The van der Waals surface area contributed by atoms with Crippen molar-refractivity contribution in [1.82, 2.24) is 44.6 Å². The summed E-state index contributed by atoms with van der Waals surface area (Å²) >= 11 is 18.3. The normalized spacial score (nSPS) is 12.3. The predicted octanol–water partition coefficient (Wildman–Crippen LogP) is 12.7. The number of esters is 1. The lowest BCUT2D eigenvalue weighted by atomic mass is 10.1. The Labute approximate surface area is 676 Å². The Bertz CT molecular complexity index is 5830. The number of H-pyrrole nitrogens is 3. The average Bonchev–Trinajstić information content (AvgIpc) is 0.766. The van der Waals surface area contributed by atoms with Gasteiger partial charge < -0.3 is 44.6 Å². The quantitative estimate of drug-likeness (QED) is 0.0299. The smallest absolute Gasteiger partial charge is 0.306 e. The highest BCUT2D eigenvalue weighted by atomic mass is 35.5. The average molecular weight is 1600 g/mol. The zero-order valence-electron chi connectivity index (χ0n) is 65.1. The van der Waals surface area contributed by atoms with E-state index in [1.807, 2.05) is 126 Å². The summed E-state index contributed by atoms with van der Waals surface area (Å²) in [7, 11) is 0. The minimum atomic E-state index is -0.831. The number of nitrogens with one attached hydrogen (secondary N) is 3. The molecule has 114 heavy (non-hydrogen) atoms. The van der Waals surface area contributed by atoms with Crippen LogP contribution in [0.3, 0.4) is 0 Å². The summed E-state index contributed by atoms with van der Waals surface area (Å²) in [5.41, 5.74) is 14.1. The lowest BCUT2D eigenvalue weighted by molar-refractivity contribution is -0.155. The van der Waals surface area contributed by atoms with Crippen LogP contribution in [-0.2, 0) is 38.8 Å². The Morgan fingerprint density at radius 3 is 1.18 bits per heavy atom. The molecule has 0 radical (unpaired) electrons. The molecular formula is C87H98Cl3N15O9. The van der Waals surface area contributed by atoms with E-state index in [2.05, 4.69) is 146 Å². The van der Waals surface area contributed by atoms with Crippen LogP contribution in [0.25, 0.3) is 30.5 Å². The number of aromatic nitrogens is 6. The van der Waals surface area contributed by atoms with Crippen LogP contribution < -0.4 is 63.9 Å². The molecule has 0 amide bonds. The molecule has 27 heteroatoms. The standard InChI is InChI=1S/C34H39N5O3.C26H27Cl2N5O3.C26H28ClN5O3.CH4/c1-22-18-28-29(19-23(22)2)39(32-31(37-28)33(41)36-24(3)35-32)17-16-38(15-9-12-30(40)42-34(4,5)6)21-25-13-14-26-10-7-8-11-27(26)20-25;1-15-11-21-22(12-16(15)2)33(25-24(31-21)26(36)30-17(3)29-25)10-9-32(8-4-5-23(34)35)14-18-6-7-19(27)20(28)13-18;1-16-13-21-22(14-17(16)2)32(25-24(30-21)26(35)29-18(3)28-25)12-11-31(10-4-5-23(33)34)15-19-6-8-20(27)9-7-19;/h7-8,10-11,13-14,18-20H,3,9,12,15-17,21H2,1-2,4-6H3,(H,36,41);6-7,11-13H,3-5,8-10,14H2,1-2H3,(H,30,36)(H,34,35);6-9,13-14H,3-5,10-12,15H2,1-2H3,(H,29,35)(H,33,34);1H4. The van der Waals surface area contributed by atoms with Gasteiger partial charge in [0.2, 0.25) is 0 Å². The Kier molecular flexibility index (Phi) is 28.3. The number of carbonyl (C=O) groups is 3. The minimum Gasteiger partial charge on any atom is -0.481 e. The Morgan fingerprint density at radius 2 is 0.798 bits per heavy atom. The van der Waals surface area contributed by atoms with Crippen molar-refractivity contribution < 1.29 is 29.3 Å². The van der Waals surface area contributed by atoms with Gasteiger partial charge in [-0.25, -0.2) is 29.9 Å². The second-order valence-electron chi connectivity index (χ2n) is 29.7. The molecule has 596 valence electrons. The van der Waals surface area contributed by atoms with Gasteiger partial charge in [0.05, 0.1) is 44.2 Å². The Morgan fingerprint density at radius 1 is 0.447 bits per heavy atom. The van der Waals surface area contributed by atoms with Crippen molar-refractivity contribution in [3.63, 3.8) is 0 Å². The topological polar surface area (TPSA) is 295 Å². The number of rotatable bonds is 27. The first-order chi connectivity index (χ1) is 53.8. The fraction of sp³-hybridized carbons (Fsp3) is 0.333. The van der Waals surface area contributed by atoms with Gasteiger partial charge in [0, 0.05) is 83.2 Å². The molecule has 0 atom stereocenters. The zero-order chi connectivity index (χ0) is 81.1. The maximum absolute atomic E-state index is 12.9. The molecule has 6 heterocycles. The molecule has 13 rings (SSSR count). The molecule has 0 bridgehead atoms. The van der Waals surface area contributed by atoms with Crippen molar-refractivity contribution in [3.05, 3.63) is 250 Å². The number of carboxylic acids is 2. The van der Waals surface area contributed by atoms with E-state index in [4.69, 9.17) is 49.8 Å². The van der Waals surface area contributed by atoms with Crippen LogP contribution in [-0.4, -0.2) is 137 Å². The highest BCUT2D eigenvalue weighted by molar-refractivity contribution is 6.42. The fourth-order valence-electron chi connectivity index (χ4n) is 13.6. The summed E-state index contributed by atoms with van der Waals surface area (Å²) in [6.45, 7) is 36.7. The largest absolute Gasteiger partial charge is 0.481 e. The van der Waals surface area contributed by atoms with Crippen molar-refractivity contribution in [2.75, 3.05) is 73.6 Å². The molecular weight excluding hydrogens is 1510 g/mol. The van der Waals surface area contributed by atoms with Crippen LogP contribution in [0.15, 0.2) is 151 Å². The van der Waals surface area contributed by atoms with Crippen molar-refractivity contribution in [1.29, 1.82) is 0 Å². The molecule has 10 aromatic rings. The number of halogens is 3. The van der Waals surface area contributed by atoms with Gasteiger partial charge in [0.15, 0.2) is 33.5 Å². The van der Waals surface area contributed by atoms with Crippen LogP contribution >= 0.6 is 34.8 Å². The van der Waals surface area contributed by atoms with Crippen LogP contribution in [0.2, 0.25) is 15.1 Å². The lowest BCUT2D eigenvalue weighted by Crippen LogP contribution is -2.44. The number of benzene rings is 7. The van der Waals surface area contributed by atoms with Crippen molar-refractivity contribution >= 4 is 135 Å². The molecule has 0 saturated heterocycles. The van der Waals surface area contributed by atoms with Gasteiger partial charge in [0.25, 0.3) is 16.7 Å². The first kappa shape index (κ1) is 85.4. The molecule has 3 aliphatic rings. The highest BCUT2D eigenvalue weighted by Crippen LogP contribution is 2.40. The predicted molar refractivity (Wildman–Crippen MR) is 454 cm³/mol. The zero-order valence-corrected chi connectivity index (χ0v) is 67.4. The van der Waals surface area contributed by atoms with Gasteiger partial charge in [-0.1, -0.05) is 117 Å². The maximum atomic E-state index is 12.9. The molecule has 0 unspecified atom stereocenters. The fourth-order valence-corrected chi connectivity index (χ4v) is 14.1. The van der Waals surface area contributed by atoms with Crippen LogP contribution in [0.5, 0.6) is 0 Å². The Balaban J connectivity index is 0.000000181. The number of carbonyl (C=O) groups excluding carboxylic acids is 1. The van der Waals surface area contributed by atoms with E-state index in [0.717, 1.165) is 72.9 Å². The maximum Gasteiger partial charge on any atom is 0.306 e. The first-order valence-electron chi connectivity index (χ1n) is 37.5. The van der Waals surface area contributed by atoms with Gasteiger partial charge in [-0.05, 0) is 229 Å². The van der Waals surface area contributed by atoms with Crippen LogP contribution in [0.4, 0.5) is 51.6 Å². The summed E-state index contributed by atoms with van der Waals surface area (Å²) in [5, 5.41) is 23.1. The second kappa shape index (κ2) is 37.8. The molecule has 0 saturated carbocycles. The third-order valence-electron chi connectivity index (χ3n) is 19.7. The number of ether oxygens (including phenoxy) is 1. The van der Waals surface area contributed by atoms with Crippen molar-refractivity contribution in [3.8, 4) is 0 Å². The lowest BCUT2D eigenvalue weighted by Gasteiger charge is -2.31. The highest BCUT2D eigenvalue weighted by Gasteiger charge is 2.29. The molecule has 5 N–H and O–H groups in total. The van der Waals surface area contributed by atoms with Gasteiger partial charge in [-0.2, -0.15) is 0 Å². The molecule has 0 spiro atoms. The van der Waals surface area contributed by atoms with Crippen molar-refractivity contribution in [2.45, 2.75) is 134 Å². The number of hydrogen-bond donors (Lipinski definition) is 5. The summed E-state index contributed by atoms with van der Waals surface area (Å²) in [4.78, 5) is 121. The molecule has 24 nitrogen and oxygen atoms in total. The van der Waals surface area contributed by atoms with Crippen LogP contribution in [0.1, 0.15) is 117 Å². The van der Waals surface area contributed by atoms with Gasteiger partial charge >= 0.3 is 17.9 Å². The monoisotopic (exact) mass is 1600 g/mol. The van der Waals surface area contributed by atoms with Gasteiger partial charge in [-0.15, -0.1) is 0 Å². The molecule has 0 aliphatic carbocycles. The first-order valence-corrected chi connectivity index (χ1v) is 38.6. The van der Waals surface area contributed by atoms with E-state index in [-0.39, 0.29) is 64.6 Å². The third-order valence-corrected chi connectivity index (χ3v) is 20.7. The number of anilines is 6. The second-order valence-corrected chi connectivity index (χ2v) is 30.9. The van der Waals surface area contributed by atoms with Crippen molar-refractivity contribution in [2.24, 2.45) is 15.0 Å². The summed E-state index contributed by atoms with van der Waals surface area (Å²) in [6.07, 6.45) is 2.23. The number of hydrogen-bond acceptors (Lipinski definition) is 19. The van der Waals surface area contributed by atoms with Gasteiger partial charge in [-0.3, -0.25) is 43.5 Å². The Hall–Kier alpha value is -11.0. The van der Waals surface area contributed by atoms with E-state index in [1.54, 1.807) is 6.07 Å².